The Kier molecular flexibility index (Phi) is 5.93. The minimum atomic E-state index is 0.224. The van der Waals surface area contributed by atoms with Gasteiger partial charge in [0, 0.05) is 23.3 Å². The Hall–Kier alpha value is -3.01. The lowest BCUT2D eigenvalue weighted by atomic mass is 9.99. The van der Waals surface area contributed by atoms with Gasteiger partial charge in [-0.25, -0.2) is 4.98 Å². The first-order chi connectivity index (χ1) is 14.5. The average Bonchev–Trinajstić information content (AvgIpc) is 3.16. The van der Waals surface area contributed by atoms with Crippen LogP contribution in [0.2, 0.25) is 10.0 Å². The summed E-state index contributed by atoms with van der Waals surface area (Å²) in [4.78, 5) is 4.77. The van der Waals surface area contributed by atoms with Gasteiger partial charge < -0.3 is 9.67 Å². The van der Waals surface area contributed by atoms with Crippen molar-refractivity contribution in [1.29, 1.82) is 0 Å². The zero-order valence-electron chi connectivity index (χ0n) is 16.4. The number of aryl methyl sites for hydroxylation is 1. The van der Waals surface area contributed by atoms with Crippen molar-refractivity contribution in [3.05, 3.63) is 94.4 Å². The number of imidazole rings is 1. The Morgan fingerprint density at radius 1 is 0.933 bits per heavy atom. The van der Waals surface area contributed by atoms with Crippen LogP contribution in [0.4, 0.5) is 0 Å². The van der Waals surface area contributed by atoms with E-state index in [0.29, 0.717) is 10.0 Å². The molecular formula is C25H20Cl2N2O. The van der Waals surface area contributed by atoms with Crippen LogP contribution in [0.5, 0.6) is 5.75 Å². The molecule has 3 nitrogen and oxygen atoms in total. The van der Waals surface area contributed by atoms with Gasteiger partial charge in [0.2, 0.25) is 0 Å². The fourth-order valence-electron chi connectivity index (χ4n) is 3.38. The van der Waals surface area contributed by atoms with Crippen LogP contribution in [-0.2, 0) is 6.54 Å². The first-order valence-corrected chi connectivity index (χ1v) is 10.4. The Morgan fingerprint density at radius 3 is 2.43 bits per heavy atom. The van der Waals surface area contributed by atoms with Gasteiger partial charge >= 0.3 is 0 Å². The maximum absolute atomic E-state index is 10.0. The molecule has 0 spiro atoms. The molecule has 0 aliphatic heterocycles. The van der Waals surface area contributed by atoms with Crippen LogP contribution in [0.3, 0.4) is 0 Å². The van der Waals surface area contributed by atoms with E-state index in [0.717, 1.165) is 40.3 Å². The molecule has 1 N–H and O–H groups in total. The predicted octanol–water partition coefficient (Wildman–Crippen LogP) is 7.42. The molecular weight excluding hydrogens is 415 g/mol. The molecule has 0 saturated heterocycles. The number of halogens is 2. The summed E-state index contributed by atoms with van der Waals surface area (Å²) < 4.78 is 2.06. The zero-order chi connectivity index (χ0) is 21.1. The lowest BCUT2D eigenvalue weighted by molar-refractivity contribution is 0.475. The topological polar surface area (TPSA) is 38.0 Å². The molecule has 0 aliphatic rings. The lowest BCUT2D eigenvalue weighted by Gasteiger charge is -2.07. The van der Waals surface area contributed by atoms with E-state index < -0.39 is 0 Å². The summed E-state index contributed by atoms with van der Waals surface area (Å²) in [6.07, 6.45) is 5.91. The Bertz CT molecular complexity index is 1210. The summed E-state index contributed by atoms with van der Waals surface area (Å²) in [5.41, 5.74) is 4.67. The molecule has 0 fully saturated rings. The van der Waals surface area contributed by atoms with Crippen molar-refractivity contribution < 1.29 is 5.11 Å². The van der Waals surface area contributed by atoms with E-state index in [1.165, 1.54) is 0 Å². The molecule has 0 unspecified atom stereocenters. The van der Waals surface area contributed by atoms with Gasteiger partial charge in [-0.2, -0.15) is 0 Å². The molecule has 1 heterocycles. The number of hydrogen-bond donors (Lipinski definition) is 1. The summed E-state index contributed by atoms with van der Waals surface area (Å²) in [5, 5.41) is 11.2. The van der Waals surface area contributed by atoms with E-state index in [1.807, 2.05) is 54.7 Å². The molecule has 0 bridgehead atoms. The maximum atomic E-state index is 10.0. The number of benzene rings is 3. The van der Waals surface area contributed by atoms with E-state index in [-0.39, 0.29) is 5.75 Å². The van der Waals surface area contributed by atoms with Crippen LogP contribution in [0.25, 0.3) is 34.5 Å². The van der Waals surface area contributed by atoms with Gasteiger partial charge in [-0.15, -0.1) is 0 Å². The fourth-order valence-corrected chi connectivity index (χ4v) is 3.88. The molecule has 0 radical (unpaired) electrons. The highest BCUT2D eigenvalue weighted by atomic mass is 35.5. The third-order valence-corrected chi connectivity index (χ3v) is 5.43. The number of hydrogen-bond acceptors (Lipinski definition) is 2. The van der Waals surface area contributed by atoms with Gasteiger partial charge in [0.25, 0.3) is 0 Å². The standard InChI is InChI=1S/C25H20Cl2N2O/c1-2-29-16-24(22-11-9-19(26)15-23(22)27)28-25(29)13-8-18-14-20(30)10-12-21(18)17-6-4-3-5-7-17/h3-16,30H,2H2,1H3/b13-8+. The monoisotopic (exact) mass is 434 g/mol. The van der Waals surface area contributed by atoms with Crippen molar-refractivity contribution >= 4 is 35.4 Å². The number of rotatable bonds is 5. The number of phenols is 1. The minimum absolute atomic E-state index is 0.224. The largest absolute Gasteiger partial charge is 0.508 e. The van der Waals surface area contributed by atoms with Gasteiger partial charge in [0.1, 0.15) is 11.6 Å². The van der Waals surface area contributed by atoms with Crippen molar-refractivity contribution in [3.8, 4) is 28.1 Å². The van der Waals surface area contributed by atoms with Crippen molar-refractivity contribution in [3.63, 3.8) is 0 Å². The van der Waals surface area contributed by atoms with E-state index in [1.54, 1.807) is 18.2 Å². The second-order valence-corrected chi connectivity index (χ2v) is 7.71. The van der Waals surface area contributed by atoms with Gasteiger partial charge in [0.05, 0.1) is 10.7 Å². The van der Waals surface area contributed by atoms with E-state index in [2.05, 4.69) is 23.6 Å². The molecule has 0 aliphatic carbocycles. The minimum Gasteiger partial charge on any atom is -0.508 e. The van der Waals surface area contributed by atoms with E-state index >= 15 is 0 Å². The first-order valence-electron chi connectivity index (χ1n) is 9.64. The highest BCUT2D eigenvalue weighted by molar-refractivity contribution is 6.36. The molecule has 0 amide bonds. The number of aromatic nitrogens is 2. The van der Waals surface area contributed by atoms with Crippen LogP contribution in [0, 0.1) is 0 Å². The van der Waals surface area contributed by atoms with Crippen LogP contribution in [0.1, 0.15) is 18.3 Å². The quantitative estimate of drug-likeness (QED) is 0.354. The molecule has 0 atom stereocenters. The first kappa shape index (κ1) is 20.3. The van der Waals surface area contributed by atoms with Crippen molar-refractivity contribution in [2.24, 2.45) is 0 Å². The average molecular weight is 435 g/mol. The van der Waals surface area contributed by atoms with Gasteiger partial charge in [0.15, 0.2) is 0 Å². The molecule has 3 aromatic carbocycles. The second kappa shape index (κ2) is 8.78. The van der Waals surface area contributed by atoms with E-state index in [4.69, 9.17) is 28.2 Å². The van der Waals surface area contributed by atoms with Gasteiger partial charge in [-0.3, -0.25) is 0 Å². The van der Waals surface area contributed by atoms with Crippen LogP contribution in [-0.4, -0.2) is 14.7 Å². The van der Waals surface area contributed by atoms with Crippen molar-refractivity contribution in [2.45, 2.75) is 13.5 Å². The van der Waals surface area contributed by atoms with E-state index in [9.17, 15) is 5.11 Å². The number of phenolic OH excluding ortho intramolecular Hbond substituents is 1. The highest BCUT2D eigenvalue weighted by Crippen LogP contribution is 2.31. The molecule has 30 heavy (non-hydrogen) atoms. The Morgan fingerprint density at radius 2 is 1.70 bits per heavy atom. The van der Waals surface area contributed by atoms with Crippen LogP contribution < -0.4 is 0 Å². The summed E-state index contributed by atoms with van der Waals surface area (Å²) in [5.74, 6) is 1.03. The zero-order valence-corrected chi connectivity index (χ0v) is 17.9. The maximum Gasteiger partial charge on any atom is 0.133 e. The number of aromatic hydroxyl groups is 1. The molecule has 4 rings (SSSR count). The fraction of sp³-hybridized carbons (Fsp3) is 0.0800. The SMILES string of the molecule is CCn1cc(-c2ccc(Cl)cc2Cl)nc1/C=C/c1cc(O)ccc1-c1ccccc1. The third-order valence-electron chi connectivity index (χ3n) is 4.89. The molecule has 1 aromatic heterocycles. The van der Waals surface area contributed by atoms with Crippen molar-refractivity contribution in [2.75, 3.05) is 0 Å². The Labute approximate surface area is 185 Å². The van der Waals surface area contributed by atoms with Gasteiger partial charge in [-0.05, 0) is 60.0 Å². The lowest BCUT2D eigenvalue weighted by Crippen LogP contribution is -1.94. The normalized spacial score (nSPS) is 11.3. The third kappa shape index (κ3) is 4.28. The second-order valence-electron chi connectivity index (χ2n) is 6.87. The summed E-state index contributed by atoms with van der Waals surface area (Å²) in [7, 11) is 0. The number of nitrogens with zero attached hydrogens (tertiary/aromatic N) is 2. The Balaban J connectivity index is 1.73. The molecule has 4 aromatic rings. The molecule has 5 heteroatoms. The van der Waals surface area contributed by atoms with Crippen LogP contribution in [0.15, 0.2) is 72.9 Å². The summed E-state index contributed by atoms with van der Waals surface area (Å²) in [6.45, 7) is 2.83. The summed E-state index contributed by atoms with van der Waals surface area (Å²) >= 11 is 12.4. The highest BCUT2D eigenvalue weighted by Gasteiger charge is 2.11. The summed E-state index contributed by atoms with van der Waals surface area (Å²) in [6, 6.07) is 20.9. The predicted molar refractivity (Wildman–Crippen MR) is 126 cm³/mol. The van der Waals surface area contributed by atoms with Gasteiger partial charge in [-0.1, -0.05) is 65.7 Å². The molecule has 0 saturated carbocycles. The van der Waals surface area contributed by atoms with Crippen LogP contribution >= 0.6 is 23.2 Å². The molecule has 150 valence electrons. The smallest absolute Gasteiger partial charge is 0.133 e. The van der Waals surface area contributed by atoms with Crippen molar-refractivity contribution in [1.82, 2.24) is 9.55 Å².